The van der Waals surface area contributed by atoms with Gasteiger partial charge in [-0.05, 0) is 33.0 Å². The lowest BCUT2D eigenvalue weighted by molar-refractivity contribution is -0.00309. The highest BCUT2D eigenvalue weighted by Gasteiger charge is 2.38. The van der Waals surface area contributed by atoms with Gasteiger partial charge >= 0.3 is 0 Å². The van der Waals surface area contributed by atoms with E-state index < -0.39 is 5.60 Å². The van der Waals surface area contributed by atoms with E-state index in [-0.39, 0.29) is 11.7 Å². The normalized spacial score (nSPS) is 25.6. The molecule has 3 heteroatoms. The maximum absolute atomic E-state index is 10.6. The number of phenols is 1. The first-order chi connectivity index (χ1) is 7.51. The second-order valence-electron chi connectivity index (χ2n) is 4.91. The largest absolute Gasteiger partial charge is 0.508 e. The quantitative estimate of drug-likeness (QED) is 0.796. The Morgan fingerprint density at radius 3 is 2.62 bits per heavy atom. The zero-order chi connectivity index (χ0) is 11.8. The Hall–Kier alpha value is -1.06. The number of benzene rings is 1. The highest BCUT2D eigenvalue weighted by atomic mass is 16.3. The molecule has 2 atom stereocenters. The number of nitrogens with zero attached hydrogens (tertiary/aromatic N) is 1. The van der Waals surface area contributed by atoms with E-state index in [4.69, 9.17) is 0 Å². The zero-order valence-corrected chi connectivity index (χ0v) is 9.85. The molecule has 2 N–H and O–H groups in total. The minimum atomic E-state index is -0.948. The van der Waals surface area contributed by atoms with E-state index in [9.17, 15) is 10.2 Å². The van der Waals surface area contributed by atoms with Crippen molar-refractivity contribution in [2.45, 2.75) is 18.9 Å². The first-order valence-corrected chi connectivity index (χ1v) is 5.71. The van der Waals surface area contributed by atoms with Crippen molar-refractivity contribution >= 4 is 0 Å². The predicted molar refractivity (Wildman–Crippen MR) is 63.3 cm³/mol. The monoisotopic (exact) mass is 221 g/mol. The highest BCUT2D eigenvalue weighted by Crippen LogP contribution is 2.38. The molecule has 1 aromatic rings. The van der Waals surface area contributed by atoms with E-state index in [0.717, 1.165) is 19.5 Å². The lowest BCUT2D eigenvalue weighted by Crippen LogP contribution is -2.33. The van der Waals surface area contributed by atoms with Crippen molar-refractivity contribution in [3.63, 3.8) is 0 Å². The Bertz CT molecular complexity index is 376. The number of aromatic hydroxyl groups is 1. The predicted octanol–water partition coefficient (Wildman–Crippen LogP) is 1.55. The van der Waals surface area contributed by atoms with Crippen LogP contribution in [0.3, 0.4) is 0 Å². The van der Waals surface area contributed by atoms with Gasteiger partial charge in [0.05, 0.1) is 5.60 Å². The van der Waals surface area contributed by atoms with Crippen molar-refractivity contribution in [1.29, 1.82) is 0 Å². The van der Waals surface area contributed by atoms with Crippen molar-refractivity contribution in [2.75, 3.05) is 20.1 Å². The van der Waals surface area contributed by atoms with Crippen LogP contribution in [0.25, 0.3) is 0 Å². The van der Waals surface area contributed by atoms with Gasteiger partial charge in [-0.25, -0.2) is 0 Å². The summed E-state index contributed by atoms with van der Waals surface area (Å²) in [4.78, 5) is 2.21. The molecular formula is C13H19NO2. The molecule has 3 nitrogen and oxygen atoms in total. The standard InChI is InChI=1S/C13H19NO2/c1-13(16,10-7-8-14(2)9-10)11-5-3-4-6-12(11)15/h3-6,10,15-16H,7-9H2,1-2H3. The number of phenolic OH excluding ortho intramolecular Hbond substituents is 1. The van der Waals surface area contributed by atoms with E-state index in [2.05, 4.69) is 11.9 Å². The summed E-state index contributed by atoms with van der Waals surface area (Å²) in [6.07, 6.45) is 0.970. The first kappa shape index (κ1) is 11.4. The van der Waals surface area contributed by atoms with Crippen molar-refractivity contribution < 1.29 is 10.2 Å². The molecular weight excluding hydrogens is 202 g/mol. The molecule has 1 aliphatic heterocycles. The van der Waals surface area contributed by atoms with Crippen molar-refractivity contribution in [2.24, 2.45) is 5.92 Å². The number of aliphatic hydroxyl groups is 1. The van der Waals surface area contributed by atoms with Gasteiger partial charge in [0.1, 0.15) is 5.75 Å². The molecule has 0 aromatic heterocycles. The molecule has 1 fully saturated rings. The molecule has 0 aliphatic carbocycles. The second kappa shape index (κ2) is 4.07. The lowest BCUT2D eigenvalue weighted by Gasteiger charge is -2.31. The average Bonchev–Trinajstić information content (AvgIpc) is 2.66. The topological polar surface area (TPSA) is 43.7 Å². The van der Waals surface area contributed by atoms with Gasteiger partial charge in [-0.15, -0.1) is 0 Å². The van der Waals surface area contributed by atoms with Crippen LogP contribution < -0.4 is 0 Å². The highest BCUT2D eigenvalue weighted by molar-refractivity contribution is 5.37. The number of para-hydroxylation sites is 1. The minimum Gasteiger partial charge on any atom is -0.508 e. The number of rotatable bonds is 2. The summed E-state index contributed by atoms with van der Waals surface area (Å²) < 4.78 is 0. The minimum absolute atomic E-state index is 0.182. The van der Waals surface area contributed by atoms with Gasteiger partial charge in [-0.2, -0.15) is 0 Å². The van der Waals surface area contributed by atoms with Gasteiger partial charge < -0.3 is 15.1 Å². The summed E-state index contributed by atoms with van der Waals surface area (Å²) >= 11 is 0. The summed E-state index contributed by atoms with van der Waals surface area (Å²) in [5.74, 6) is 0.368. The third-order valence-corrected chi connectivity index (χ3v) is 3.64. The van der Waals surface area contributed by atoms with Gasteiger partial charge in [0, 0.05) is 18.0 Å². The van der Waals surface area contributed by atoms with E-state index >= 15 is 0 Å². The maximum atomic E-state index is 10.6. The van der Waals surface area contributed by atoms with E-state index in [1.807, 2.05) is 6.07 Å². The SMILES string of the molecule is CN1CCC(C(C)(O)c2ccccc2O)C1. The van der Waals surface area contributed by atoms with Crippen LogP contribution in [-0.2, 0) is 5.60 Å². The third-order valence-electron chi connectivity index (χ3n) is 3.64. The Labute approximate surface area is 96.3 Å². The molecule has 0 spiro atoms. The Morgan fingerprint density at radius 2 is 2.06 bits per heavy atom. The maximum Gasteiger partial charge on any atom is 0.121 e. The van der Waals surface area contributed by atoms with E-state index in [0.29, 0.717) is 5.56 Å². The fourth-order valence-electron chi connectivity index (χ4n) is 2.52. The molecule has 0 radical (unpaired) electrons. The van der Waals surface area contributed by atoms with Crippen LogP contribution in [0, 0.1) is 5.92 Å². The van der Waals surface area contributed by atoms with Crippen molar-refractivity contribution in [3.05, 3.63) is 29.8 Å². The van der Waals surface area contributed by atoms with E-state index in [1.165, 1.54) is 0 Å². The van der Waals surface area contributed by atoms with E-state index in [1.54, 1.807) is 25.1 Å². The third kappa shape index (κ3) is 1.93. The Morgan fingerprint density at radius 1 is 1.38 bits per heavy atom. The number of hydrogen-bond acceptors (Lipinski definition) is 3. The Kier molecular flexibility index (Phi) is 2.91. The first-order valence-electron chi connectivity index (χ1n) is 5.71. The van der Waals surface area contributed by atoms with Crippen LogP contribution in [0.5, 0.6) is 5.75 Å². The van der Waals surface area contributed by atoms with Crippen LogP contribution in [-0.4, -0.2) is 35.3 Å². The average molecular weight is 221 g/mol. The fourth-order valence-corrected chi connectivity index (χ4v) is 2.52. The summed E-state index contributed by atoms with van der Waals surface area (Å²) in [7, 11) is 2.06. The van der Waals surface area contributed by atoms with Crippen LogP contribution >= 0.6 is 0 Å². The van der Waals surface area contributed by atoms with Crippen LogP contribution in [0.1, 0.15) is 18.9 Å². The molecule has 1 aromatic carbocycles. The van der Waals surface area contributed by atoms with Crippen molar-refractivity contribution in [1.82, 2.24) is 4.90 Å². The lowest BCUT2D eigenvalue weighted by atomic mass is 9.82. The number of hydrogen-bond donors (Lipinski definition) is 2. The molecule has 2 unspecified atom stereocenters. The molecule has 0 saturated carbocycles. The van der Waals surface area contributed by atoms with Crippen LogP contribution in [0.2, 0.25) is 0 Å². The Balaban J connectivity index is 2.28. The summed E-state index contributed by atoms with van der Waals surface area (Å²) in [5, 5.41) is 20.4. The molecule has 0 amide bonds. The van der Waals surface area contributed by atoms with Crippen molar-refractivity contribution in [3.8, 4) is 5.75 Å². The fraction of sp³-hybridized carbons (Fsp3) is 0.538. The van der Waals surface area contributed by atoms with Crippen LogP contribution in [0.4, 0.5) is 0 Å². The molecule has 1 saturated heterocycles. The molecule has 1 aliphatic rings. The second-order valence-corrected chi connectivity index (χ2v) is 4.91. The summed E-state index contributed by atoms with van der Waals surface area (Å²) in [6.45, 7) is 3.68. The van der Waals surface area contributed by atoms with Gasteiger partial charge in [0.15, 0.2) is 0 Å². The molecule has 16 heavy (non-hydrogen) atoms. The van der Waals surface area contributed by atoms with Crippen LogP contribution in [0.15, 0.2) is 24.3 Å². The smallest absolute Gasteiger partial charge is 0.121 e. The van der Waals surface area contributed by atoms with Gasteiger partial charge in [0.2, 0.25) is 0 Å². The summed E-state index contributed by atoms with van der Waals surface area (Å²) in [5.41, 5.74) is -0.314. The molecule has 88 valence electrons. The summed E-state index contributed by atoms with van der Waals surface area (Å²) in [6, 6.07) is 7.05. The molecule has 0 bridgehead atoms. The van der Waals surface area contributed by atoms with Gasteiger partial charge in [-0.1, -0.05) is 18.2 Å². The molecule has 2 rings (SSSR count). The molecule has 1 heterocycles. The number of likely N-dealkylation sites (tertiary alicyclic amines) is 1. The zero-order valence-electron chi connectivity index (χ0n) is 9.85. The van der Waals surface area contributed by atoms with Gasteiger partial charge in [-0.3, -0.25) is 0 Å². The van der Waals surface area contributed by atoms with Gasteiger partial charge in [0.25, 0.3) is 0 Å².